The van der Waals surface area contributed by atoms with Crippen molar-refractivity contribution in [3.63, 3.8) is 0 Å². The van der Waals surface area contributed by atoms with Gasteiger partial charge in [0.2, 0.25) is 5.91 Å². The van der Waals surface area contributed by atoms with Crippen LogP contribution in [0.2, 0.25) is 0 Å². The lowest BCUT2D eigenvalue weighted by Crippen LogP contribution is -2.46. The number of allylic oxidation sites excluding steroid dienone is 14. The van der Waals surface area contributed by atoms with Crippen molar-refractivity contribution >= 4 is 13.7 Å². The molecule has 0 saturated carbocycles. The summed E-state index contributed by atoms with van der Waals surface area (Å²) in [4.78, 5) is 22.8. The van der Waals surface area contributed by atoms with Crippen LogP contribution < -0.4 is 5.32 Å². The third-order valence-corrected chi connectivity index (χ3v) is 11.1. The number of hydrogen-bond acceptors (Lipinski definition) is 5. The van der Waals surface area contributed by atoms with Gasteiger partial charge in [0.25, 0.3) is 0 Å². The molecular weight excluding hydrogens is 768 g/mol. The Kier molecular flexibility index (Phi) is 40.4. The molecular formula is C51H92N2O6P+. The number of aliphatic hydroxyl groups is 1. The molecule has 3 unspecified atom stereocenters. The van der Waals surface area contributed by atoms with E-state index in [0.29, 0.717) is 23.9 Å². The van der Waals surface area contributed by atoms with Gasteiger partial charge in [-0.2, -0.15) is 0 Å². The average molecular weight is 860 g/mol. The summed E-state index contributed by atoms with van der Waals surface area (Å²) >= 11 is 0. The third kappa shape index (κ3) is 43.8. The Bertz CT molecular complexity index is 1250. The summed E-state index contributed by atoms with van der Waals surface area (Å²) in [6.07, 6.45) is 58.6. The zero-order valence-corrected chi connectivity index (χ0v) is 40.1. The first-order chi connectivity index (χ1) is 29.0. The summed E-state index contributed by atoms with van der Waals surface area (Å²) in [5, 5.41) is 13.6. The Morgan fingerprint density at radius 1 is 0.583 bits per heavy atom. The van der Waals surface area contributed by atoms with E-state index in [2.05, 4.69) is 104 Å². The lowest BCUT2D eigenvalue weighted by molar-refractivity contribution is -0.870. The number of unbranched alkanes of at least 4 members (excludes halogenated alkanes) is 15. The summed E-state index contributed by atoms with van der Waals surface area (Å²) in [5.74, 6) is -0.162. The standard InChI is InChI=1S/C51H91N2O6P/c1-6-8-10-11-12-13-14-15-16-17-18-19-20-21-22-23-24-25-26-27-28-29-30-31-32-33-34-35-36-37-38-39-40-41-43-45-51(55)52-49(50(54)44-42-9-7-2)48-59-60(56,57)58-47-46-53(3,4)5/h8,10,12-13,15-16,18-19,21-22,24-25,27-28,49-50,54H,6-7,9,11,14,17,20,23,26,29-48H2,1-5H3,(H-,52,55,56,57)/p+1/b10-8-,13-12-,16-15-,19-18-,22-21-,25-24-,28-27-. The fourth-order valence-corrected chi connectivity index (χ4v) is 7.11. The maximum Gasteiger partial charge on any atom is 0.472 e. The molecule has 0 aromatic heterocycles. The van der Waals surface area contributed by atoms with Gasteiger partial charge >= 0.3 is 7.82 Å². The number of amides is 1. The Morgan fingerprint density at radius 3 is 1.43 bits per heavy atom. The lowest BCUT2D eigenvalue weighted by Gasteiger charge is -2.26. The number of phosphoric acid groups is 1. The van der Waals surface area contributed by atoms with Crippen molar-refractivity contribution in [1.82, 2.24) is 5.32 Å². The summed E-state index contributed by atoms with van der Waals surface area (Å²) in [6.45, 7) is 4.59. The highest BCUT2D eigenvalue weighted by Crippen LogP contribution is 2.43. The minimum Gasteiger partial charge on any atom is -0.391 e. The molecule has 0 saturated heterocycles. The van der Waals surface area contributed by atoms with Crippen molar-refractivity contribution in [1.29, 1.82) is 0 Å². The highest BCUT2D eigenvalue weighted by atomic mass is 31.2. The van der Waals surface area contributed by atoms with Gasteiger partial charge in [0, 0.05) is 6.42 Å². The third-order valence-electron chi connectivity index (χ3n) is 10.2. The molecule has 0 aromatic rings. The first-order valence-corrected chi connectivity index (χ1v) is 25.4. The lowest BCUT2D eigenvalue weighted by atomic mass is 10.0. The number of nitrogens with zero attached hydrogens (tertiary/aromatic N) is 1. The predicted octanol–water partition coefficient (Wildman–Crippen LogP) is 13.7. The Morgan fingerprint density at radius 2 is 1.00 bits per heavy atom. The molecule has 0 aliphatic carbocycles. The van der Waals surface area contributed by atoms with Gasteiger partial charge in [0.15, 0.2) is 0 Å². The van der Waals surface area contributed by atoms with Crippen LogP contribution in [-0.4, -0.2) is 73.4 Å². The number of carbonyl (C=O) groups is 1. The monoisotopic (exact) mass is 860 g/mol. The van der Waals surface area contributed by atoms with Crippen molar-refractivity contribution in [3.8, 4) is 0 Å². The van der Waals surface area contributed by atoms with Crippen LogP contribution in [0.25, 0.3) is 0 Å². The average Bonchev–Trinajstić information content (AvgIpc) is 3.20. The van der Waals surface area contributed by atoms with E-state index in [1.54, 1.807) is 0 Å². The van der Waals surface area contributed by atoms with E-state index in [9.17, 15) is 19.4 Å². The number of phosphoric ester groups is 1. The van der Waals surface area contributed by atoms with Gasteiger partial charge in [0.1, 0.15) is 13.2 Å². The molecule has 3 N–H and O–H groups in total. The van der Waals surface area contributed by atoms with Gasteiger partial charge < -0.3 is 19.8 Å². The molecule has 346 valence electrons. The van der Waals surface area contributed by atoms with E-state index < -0.39 is 20.0 Å². The molecule has 0 radical (unpaired) electrons. The zero-order chi connectivity index (χ0) is 44.3. The smallest absolute Gasteiger partial charge is 0.391 e. The van der Waals surface area contributed by atoms with Gasteiger partial charge in [-0.05, 0) is 70.6 Å². The summed E-state index contributed by atoms with van der Waals surface area (Å²) in [6, 6.07) is -0.760. The van der Waals surface area contributed by atoms with Gasteiger partial charge in [0.05, 0.1) is 39.9 Å². The molecule has 0 bridgehead atoms. The first kappa shape index (κ1) is 57.7. The molecule has 0 aromatic carbocycles. The molecule has 0 aliphatic rings. The van der Waals surface area contributed by atoms with Crippen molar-refractivity contribution < 1.29 is 32.9 Å². The van der Waals surface area contributed by atoms with Crippen molar-refractivity contribution in [3.05, 3.63) is 85.1 Å². The Hall–Kier alpha value is -2.32. The maximum absolute atomic E-state index is 12.7. The SMILES string of the molecule is CC/C=C\C/C=C\C/C=C\C/C=C\C/C=C\C/C=C\C/C=C\CCCCCCCCCCCCCCCC(=O)NC(COP(=O)(O)OCC[N+](C)(C)C)C(O)CCCCC. The van der Waals surface area contributed by atoms with Crippen LogP contribution in [-0.2, 0) is 18.4 Å². The first-order valence-electron chi connectivity index (χ1n) is 24.0. The van der Waals surface area contributed by atoms with Crippen LogP contribution in [0.15, 0.2) is 85.1 Å². The Labute approximate surface area is 369 Å². The number of rotatable bonds is 42. The van der Waals surface area contributed by atoms with E-state index >= 15 is 0 Å². The molecule has 8 nitrogen and oxygen atoms in total. The topological polar surface area (TPSA) is 105 Å². The van der Waals surface area contributed by atoms with Crippen LogP contribution in [0.5, 0.6) is 0 Å². The minimum atomic E-state index is -4.29. The van der Waals surface area contributed by atoms with Crippen LogP contribution in [0.4, 0.5) is 0 Å². The maximum atomic E-state index is 12.7. The normalized spacial score (nSPS) is 15.0. The van der Waals surface area contributed by atoms with Crippen LogP contribution in [0.3, 0.4) is 0 Å². The number of nitrogens with one attached hydrogen (secondary N) is 1. The van der Waals surface area contributed by atoms with Crippen molar-refractivity contribution in [2.75, 3.05) is 40.9 Å². The Balaban J connectivity index is 3.81. The molecule has 0 heterocycles. The van der Waals surface area contributed by atoms with Gasteiger partial charge in [-0.3, -0.25) is 13.8 Å². The van der Waals surface area contributed by atoms with E-state index in [0.717, 1.165) is 83.5 Å². The van der Waals surface area contributed by atoms with E-state index in [1.165, 1.54) is 70.6 Å². The number of quaternary nitrogens is 1. The summed E-state index contributed by atoms with van der Waals surface area (Å²) in [5.41, 5.74) is 0. The van der Waals surface area contributed by atoms with Crippen LogP contribution >= 0.6 is 7.82 Å². The largest absolute Gasteiger partial charge is 0.472 e. The molecule has 9 heteroatoms. The second kappa shape index (κ2) is 42.0. The molecule has 0 aliphatic heterocycles. The fourth-order valence-electron chi connectivity index (χ4n) is 6.38. The fraction of sp³-hybridized carbons (Fsp3) is 0.706. The van der Waals surface area contributed by atoms with Gasteiger partial charge in [-0.1, -0.05) is 189 Å². The molecule has 0 fully saturated rings. The quantitative estimate of drug-likeness (QED) is 0.0244. The molecule has 0 spiro atoms. The summed E-state index contributed by atoms with van der Waals surface area (Å²) in [7, 11) is 1.60. The second-order valence-corrected chi connectivity index (χ2v) is 18.6. The second-order valence-electron chi connectivity index (χ2n) is 17.1. The van der Waals surface area contributed by atoms with Crippen LogP contribution in [0, 0.1) is 0 Å². The number of carbonyl (C=O) groups excluding carboxylic acids is 1. The van der Waals surface area contributed by atoms with E-state index in [-0.39, 0.29) is 19.1 Å². The summed E-state index contributed by atoms with van der Waals surface area (Å²) < 4.78 is 23.3. The molecule has 1 amide bonds. The van der Waals surface area contributed by atoms with E-state index in [1.807, 2.05) is 21.1 Å². The zero-order valence-electron chi connectivity index (χ0n) is 39.2. The minimum absolute atomic E-state index is 0.0696. The number of aliphatic hydroxyl groups excluding tert-OH is 1. The van der Waals surface area contributed by atoms with Crippen molar-refractivity contribution in [2.24, 2.45) is 0 Å². The van der Waals surface area contributed by atoms with Crippen molar-refractivity contribution in [2.45, 2.75) is 193 Å². The van der Waals surface area contributed by atoms with E-state index in [4.69, 9.17) is 9.05 Å². The highest BCUT2D eigenvalue weighted by molar-refractivity contribution is 7.47. The molecule has 3 atom stereocenters. The molecule has 60 heavy (non-hydrogen) atoms. The number of likely N-dealkylation sites (N-methyl/N-ethyl adjacent to an activating group) is 1. The van der Waals surface area contributed by atoms with Gasteiger partial charge in [-0.25, -0.2) is 4.57 Å². The highest BCUT2D eigenvalue weighted by Gasteiger charge is 2.28. The molecule has 0 rings (SSSR count). The predicted molar refractivity (Wildman–Crippen MR) is 258 cm³/mol. The number of hydrogen-bond donors (Lipinski definition) is 3. The van der Waals surface area contributed by atoms with Crippen LogP contribution in [0.1, 0.15) is 181 Å². The van der Waals surface area contributed by atoms with Gasteiger partial charge in [-0.15, -0.1) is 0 Å².